The molecule has 5 heteroatoms. The van der Waals surface area contributed by atoms with Gasteiger partial charge < -0.3 is 10.2 Å². The van der Waals surface area contributed by atoms with E-state index in [4.69, 9.17) is 0 Å². The summed E-state index contributed by atoms with van der Waals surface area (Å²) in [7, 11) is 1.88. The average molecular weight is 293 g/mol. The normalized spacial score (nSPS) is 10.8. The van der Waals surface area contributed by atoms with Crippen LogP contribution in [0.5, 0.6) is 0 Å². The molecule has 2 aromatic rings. The fraction of sp³-hybridized carbons (Fsp3) is 0.400. The van der Waals surface area contributed by atoms with E-state index in [1.165, 1.54) is 6.07 Å². The molecule has 1 N–H and O–H groups in total. The first-order valence-corrected chi connectivity index (χ1v) is 7.68. The van der Waals surface area contributed by atoms with Crippen molar-refractivity contribution in [3.8, 4) is 0 Å². The molecule has 0 amide bonds. The van der Waals surface area contributed by atoms with Crippen LogP contribution < -0.4 is 10.2 Å². The number of benzene rings is 1. The number of rotatable bonds is 7. The number of aromatic nitrogens is 1. The minimum Gasteiger partial charge on any atom is -0.366 e. The van der Waals surface area contributed by atoms with Crippen molar-refractivity contribution in [2.45, 2.75) is 26.4 Å². The zero-order chi connectivity index (χ0) is 14.4. The number of thiazole rings is 1. The minimum atomic E-state index is -0.199. The molecule has 3 nitrogen and oxygen atoms in total. The lowest BCUT2D eigenvalue weighted by molar-refractivity contribution is 0.621. The van der Waals surface area contributed by atoms with E-state index in [0.29, 0.717) is 12.2 Å². The van der Waals surface area contributed by atoms with Gasteiger partial charge in [-0.25, -0.2) is 9.37 Å². The van der Waals surface area contributed by atoms with E-state index in [1.54, 1.807) is 23.5 Å². The molecule has 0 unspecified atom stereocenters. The lowest BCUT2D eigenvalue weighted by atomic mass is 10.3. The monoisotopic (exact) mass is 293 g/mol. The van der Waals surface area contributed by atoms with Gasteiger partial charge in [0.05, 0.1) is 17.9 Å². The summed E-state index contributed by atoms with van der Waals surface area (Å²) in [6.07, 6.45) is 1.12. The molecule has 0 aliphatic carbocycles. The fourth-order valence-electron chi connectivity index (χ4n) is 1.96. The Kier molecular flexibility index (Phi) is 5.49. The highest BCUT2D eigenvalue weighted by Crippen LogP contribution is 2.20. The van der Waals surface area contributed by atoms with Gasteiger partial charge in [0.2, 0.25) is 0 Å². The highest BCUT2D eigenvalue weighted by Gasteiger charge is 2.09. The zero-order valence-corrected chi connectivity index (χ0v) is 12.7. The molecule has 0 bridgehead atoms. The van der Waals surface area contributed by atoms with Crippen LogP contribution in [0.15, 0.2) is 29.6 Å². The van der Waals surface area contributed by atoms with Crippen molar-refractivity contribution in [3.05, 3.63) is 46.2 Å². The molecule has 1 aromatic carbocycles. The first-order valence-electron chi connectivity index (χ1n) is 6.80. The summed E-state index contributed by atoms with van der Waals surface area (Å²) in [5.74, 6) is -0.199. The maximum Gasteiger partial charge on any atom is 0.146 e. The van der Waals surface area contributed by atoms with E-state index in [9.17, 15) is 4.39 Å². The van der Waals surface area contributed by atoms with Crippen LogP contribution in [-0.2, 0) is 13.1 Å². The van der Waals surface area contributed by atoms with Gasteiger partial charge in [-0.15, -0.1) is 11.3 Å². The SMILES string of the molecule is CCCNCc1nc(CN(C)c2ccccc2F)cs1. The predicted molar refractivity (Wildman–Crippen MR) is 82.6 cm³/mol. The molecular weight excluding hydrogens is 273 g/mol. The quantitative estimate of drug-likeness (QED) is 0.793. The van der Waals surface area contributed by atoms with Crippen LogP contribution in [0.2, 0.25) is 0 Å². The van der Waals surface area contributed by atoms with Gasteiger partial charge in [-0.2, -0.15) is 0 Å². The highest BCUT2D eigenvalue weighted by atomic mass is 32.1. The van der Waals surface area contributed by atoms with Crippen LogP contribution in [0, 0.1) is 5.82 Å². The first-order chi connectivity index (χ1) is 9.70. The first kappa shape index (κ1) is 14.9. The largest absolute Gasteiger partial charge is 0.366 e. The molecule has 0 saturated heterocycles. The molecule has 1 heterocycles. The Morgan fingerprint density at radius 2 is 2.15 bits per heavy atom. The van der Waals surface area contributed by atoms with Gasteiger partial charge in [0.15, 0.2) is 0 Å². The van der Waals surface area contributed by atoms with Gasteiger partial charge in [0.25, 0.3) is 0 Å². The number of para-hydroxylation sites is 1. The highest BCUT2D eigenvalue weighted by molar-refractivity contribution is 7.09. The summed E-state index contributed by atoms with van der Waals surface area (Å²) in [6.45, 7) is 4.57. The Labute approximate surface area is 123 Å². The second kappa shape index (κ2) is 7.36. The molecule has 20 heavy (non-hydrogen) atoms. The summed E-state index contributed by atoms with van der Waals surface area (Å²) in [6, 6.07) is 6.81. The summed E-state index contributed by atoms with van der Waals surface area (Å²) in [5, 5.41) is 6.45. The topological polar surface area (TPSA) is 28.2 Å². The van der Waals surface area contributed by atoms with Crippen molar-refractivity contribution in [3.63, 3.8) is 0 Å². The third kappa shape index (κ3) is 4.02. The summed E-state index contributed by atoms with van der Waals surface area (Å²) < 4.78 is 13.7. The van der Waals surface area contributed by atoms with E-state index >= 15 is 0 Å². The van der Waals surface area contributed by atoms with Crippen LogP contribution in [-0.4, -0.2) is 18.6 Å². The molecular formula is C15H20FN3S. The smallest absolute Gasteiger partial charge is 0.146 e. The molecule has 1 aromatic heterocycles. The molecule has 0 fully saturated rings. The number of halogens is 1. The molecule has 0 aliphatic heterocycles. The van der Waals surface area contributed by atoms with Gasteiger partial charge >= 0.3 is 0 Å². The fourth-order valence-corrected chi connectivity index (χ4v) is 2.72. The van der Waals surface area contributed by atoms with E-state index in [2.05, 4.69) is 17.2 Å². The second-order valence-electron chi connectivity index (χ2n) is 4.72. The number of nitrogens with zero attached hydrogens (tertiary/aromatic N) is 2. The standard InChI is InChI=1S/C15H20FN3S/c1-3-8-17-9-15-18-12(11-20-15)10-19(2)14-7-5-4-6-13(14)16/h4-7,11,17H,3,8-10H2,1-2H3. The van der Waals surface area contributed by atoms with E-state index in [0.717, 1.165) is 30.2 Å². The maximum atomic E-state index is 13.7. The molecule has 0 atom stereocenters. The molecule has 0 saturated carbocycles. The van der Waals surface area contributed by atoms with E-state index < -0.39 is 0 Å². The lowest BCUT2D eigenvalue weighted by Gasteiger charge is -2.18. The Balaban J connectivity index is 1.95. The van der Waals surface area contributed by atoms with Crippen molar-refractivity contribution in [1.82, 2.24) is 10.3 Å². The van der Waals surface area contributed by atoms with Crippen LogP contribution in [0.25, 0.3) is 0 Å². The second-order valence-corrected chi connectivity index (χ2v) is 5.66. The van der Waals surface area contributed by atoms with Crippen molar-refractivity contribution in [2.75, 3.05) is 18.5 Å². The summed E-state index contributed by atoms with van der Waals surface area (Å²) >= 11 is 1.65. The summed E-state index contributed by atoms with van der Waals surface area (Å²) in [4.78, 5) is 6.45. The molecule has 108 valence electrons. The van der Waals surface area contributed by atoms with Crippen LogP contribution >= 0.6 is 11.3 Å². The molecule has 0 radical (unpaired) electrons. The Hall–Kier alpha value is -1.46. The van der Waals surface area contributed by atoms with Crippen LogP contribution in [0.3, 0.4) is 0 Å². The molecule has 2 rings (SSSR count). The van der Waals surface area contributed by atoms with Crippen LogP contribution in [0.1, 0.15) is 24.0 Å². The molecule has 0 spiro atoms. The Morgan fingerprint density at radius 3 is 2.90 bits per heavy atom. The number of nitrogens with one attached hydrogen (secondary N) is 1. The van der Waals surface area contributed by atoms with E-state index in [-0.39, 0.29) is 5.82 Å². The third-order valence-corrected chi connectivity index (χ3v) is 3.86. The number of hydrogen-bond donors (Lipinski definition) is 1. The zero-order valence-electron chi connectivity index (χ0n) is 11.9. The molecule has 0 aliphatic rings. The van der Waals surface area contributed by atoms with Crippen LogP contribution in [0.4, 0.5) is 10.1 Å². The Bertz CT molecular complexity index is 541. The number of anilines is 1. The lowest BCUT2D eigenvalue weighted by Crippen LogP contribution is -2.18. The van der Waals surface area contributed by atoms with Crippen molar-refractivity contribution < 1.29 is 4.39 Å². The third-order valence-electron chi connectivity index (χ3n) is 2.97. The van der Waals surface area contributed by atoms with Crippen molar-refractivity contribution in [2.24, 2.45) is 0 Å². The average Bonchev–Trinajstić information content (AvgIpc) is 2.87. The van der Waals surface area contributed by atoms with Crippen molar-refractivity contribution >= 4 is 17.0 Å². The number of hydrogen-bond acceptors (Lipinski definition) is 4. The minimum absolute atomic E-state index is 0.199. The summed E-state index contributed by atoms with van der Waals surface area (Å²) in [5.41, 5.74) is 1.58. The van der Waals surface area contributed by atoms with Gasteiger partial charge in [0.1, 0.15) is 10.8 Å². The van der Waals surface area contributed by atoms with Gasteiger partial charge in [-0.05, 0) is 25.1 Å². The van der Waals surface area contributed by atoms with E-state index in [1.807, 2.05) is 23.4 Å². The van der Waals surface area contributed by atoms with Gasteiger partial charge in [-0.3, -0.25) is 0 Å². The maximum absolute atomic E-state index is 13.7. The van der Waals surface area contributed by atoms with Gasteiger partial charge in [0, 0.05) is 19.0 Å². The van der Waals surface area contributed by atoms with Gasteiger partial charge in [-0.1, -0.05) is 19.1 Å². The predicted octanol–water partition coefficient (Wildman–Crippen LogP) is 3.42. The Morgan fingerprint density at radius 1 is 1.35 bits per heavy atom. The van der Waals surface area contributed by atoms with Crippen molar-refractivity contribution in [1.29, 1.82) is 0 Å².